The minimum absolute atomic E-state index is 0.257. The van der Waals surface area contributed by atoms with Crippen LogP contribution in [0.5, 0.6) is 0 Å². The van der Waals surface area contributed by atoms with E-state index in [-0.39, 0.29) is 12.1 Å². The Labute approximate surface area is 103 Å². The molecule has 0 fully saturated rings. The summed E-state index contributed by atoms with van der Waals surface area (Å²) < 4.78 is 13.0. The molecule has 1 rings (SSSR count). The monoisotopic (exact) mass is 250 g/mol. The van der Waals surface area contributed by atoms with E-state index in [2.05, 4.69) is 17.2 Å². The molecule has 0 aliphatic heterocycles. The van der Waals surface area contributed by atoms with Crippen LogP contribution in [0.15, 0.2) is 18.2 Å². The maximum Gasteiger partial charge on any atom is 0.282 e. The van der Waals surface area contributed by atoms with Crippen molar-refractivity contribution in [1.29, 1.82) is 0 Å². The van der Waals surface area contributed by atoms with Crippen LogP contribution in [0.2, 0.25) is 0 Å². The second-order valence-corrected chi connectivity index (χ2v) is 3.35. The van der Waals surface area contributed by atoms with Crippen molar-refractivity contribution in [3.63, 3.8) is 0 Å². The Balaban J connectivity index is 2.85. The smallest absolute Gasteiger partial charge is 0.282 e. The Morgan fingerprint density at radius 1 is 1.56 bits per heavy atom. The average Bonchev–Trinajstić information content (AvgIpc) is 2.34. The number of hydrogen-bond donors (Lipinski definition) is 1. The Morgan fingerprint density at radius 3 is 2.89 bits per heavy atom. The van der Waals surface area contributed by atoms with Crippen molar-refractivity contribution in [1.82, 2.24) is 5.32 Å². The van der Waals surface area contributed by atoms with Crippen LogP contribution >= 0.6 is 0 Å². The van der Waals surface area contributed by atoms with Gasteiger partial charge in [0.15, 0.2) is 0 Å². The number of carbonyl (C=O) groups excluding carboxylic acids is 1. The molecular formula is C12H11FN2O3. The van der Waals surface area contributed by atoms with Crippen LogP contribution in [0.1, 0.15) is 23.7 Å². The Kier molecular flexibility index (Phi) is 4.81. The number of nitro groups is 1. The lowest BCUT2D eigenvalue weighted by atomic mass is 10.1. The fraction of sp³-hybridized carbons (Fsp3) is 0.250. The maximum atomic E-state index is 13.0. The second-order valence-electron chi connectivity index (χ2n) is 3.35. The molecule has 0 aromatic heterocycles. The highest BCUT2D eigenvalue weighted by Crippen LogP contribution is 2.19. The summed E-state index contributed by atoms with van der Waals surface area (Å²) in [6, 6.07) is 2.76. The van der Waals surface area contributed by atoms with Crippen LogP contribution in [-0.2, 0) is 0 Å². The predicted octanol–water partition coefficient (Wildman–Crippen LogP) is 1.88. The predicted molar refractivity (Wildman–Crippen MR) is 63.5 cm³/mol. The number of carbonyl (C=O) groups is 1. The summed E-state index contributed by atoms with van der Waals surface area (Å²) in [7, 11) is 0. The maximum absolute atomic E-state index is 13.0. The standard InChI is InChI=1S/C12H11FN2O3/c1-2-3-4-7-14-12(16)10-8-9(13)5-6-11(10)15(17)18/h5-6,8H,4,7H2,1H3,(H,14,16). The molecule has 1 N–H and O–H groups in total. The third kappa shape index (κ3) is 3.56. The van der Waals surface area contributed by atoms with Gasteiger partial charge in [-0.2, -0.15) is 0 Å². The lowest BCUT2D eigenvalue weighted by Gasteiger charge is -2.04. The molecule has 0 saturated heterocycles. The second kappa shape index (κ2) is 6.35. The number of nitrogens with one attached hydrogen (secondary N) is 1. The van der Waals surface area contributed by atoms with Crippen molar-refractivity contribution >= 4 is 11.6 Å². The van der Waals surface area contributed by atoms with E-state index in [0.717, 1.165) is 18.2 Å². The van der Waals surface area contributed by atoms with Gasteiger partial charge < -0.3 is 5.32 Å². The van der Waals surface area contributed by atoms with Crippen LogP contribution in [-0.4, -0.2) is 17.4 Å². The van der Waals surface area contributed by atoms with Crippen LogP contribution in [0.25, 0.3) is 0 Å². The van der Waals surface area contributed by atoms with Crippen LogP contribution in [0.3, 0.4) is 0 Å². The first-order valence-corrected chi connectivity index (χ1v) is 5.18. The molecule has 1 aromatic rings. The lowest BCUT2D eigenvalue weighted by Crippen LogP contribution is -2.25. The molecule has 0 unspecified atom stereocenters. The van der Waals surface area contributed by atoms with Crippen molar-refractivity contribution in [3.05, 3.63) is 39.7 Å². The van der Waals surface area contributed by atoms with Gasteiger partial charge >= 0.3 is 0 Å². The number of hydrogen-bond acceptors (Lipinski definition) is 3. The van der Waals surface area contributed by atoms with Crippen molar-refractivity contribution < 1.29 is 14.1 Å². The van der Waals surface area contributed by atoms with Crippen molar-refractivity contribution in [2.45, 2.75) is 13.3 Å². The summed E-state index contributed by atoms with van der Waals surface area (Å²) in [5.41, 5.74) is -0.708. The fourth-order valence-corrected chi connectivity index (χ4v) is 1.31. The Morgan fingerprint density at radius 2 is 2.28 bits per heavy atom. The van der Waals surface area contributed by atoms with Crippen LogP contribution < -0.4 is 5.32 Å². The number of nitrogens with zero attached hydrogens (tertiary/aromatic N) is 1. The van der Waals surface area contributed by atoms with E-state index in [1.54, 1.807) is 6.92 Å². The van der Waals surface area contributed by atoms with Crippen molar-refractivity contribution in [2.24, 2.45) is 0 Å². The normalized spacial score (nSPS) is 9.22. The highest BCUT2D eigenvalue weighted by molar-refractivity contribution is 5.98. The Bertz CT molecular complexity index is 532. The van der Waals surface area contributed by atoms with Gasteiger partial charge in [0.2, 0.25) is 0 Å². The third-order valence-corrected chi connectivity index (χ3v) is 2.11. The van der Waals surface area contributed by atoms with Gasteiger partial charge in [0.25, 0.3) is 11.6 Å². The minimum Gasteiger partial charge on any atom is -0.351 e. The third-order valence-electron chi connectivity index (χ3n) is 2.11. The fourth-order valence-electron chi connectivity index (χ4n) is 1.31. The molecule has 1 aromatic carbocycles. The van der Waals surface area contributed by atoms with Gasteiger partial charge in [0.1, 0.15) is 11.4 Å². The van der Waals surface area contributed by atoms with Gasteiger partial charge in [-0.1, -0.05) is 0 Å². The van der Waals surface area contributed by atoms with Gasteiger partial charge in [-0.25, -0.2) is 4.39 Å². The Hall–Kier alpha value is -2.42. The first-order chi connectivity index (χ1) is 8.56. The summed E-state index contributed by atoms with van der Waals surface area (Å²) in [5, 5.41) is 13.1. The summed E-state index contributed by atoms with van der Waals surface area (Å²) in [4.78, 5) is 21.6. The summed E-state index contributed by atoms with van der Waals surface area (Å²) in [5.74, 6) is 4.00. The molecule has 0 bridgehead atoms. The van der Waals surface area contributed by atoms with Gasteiger partial charge in [-0.15, -0.1) is 11.8 Å². The van der Waals surface area contributed by atoms with Gasteiger partial charge in [0, 0.05) is 19.0 Å². The summed E-state index contributed by atoms with van der Waals surface area (Å²) >= 11 is 0. The van der Waals surface area contributed by atoms with Crippen molar-refractivity contribution in [2.75, 3.05) is 6.54 Å². The molecule has 0 radical (unpaired) electrons. The largest absolute Gasteiger partial charge is 0.351 e. The van der Waals surface area contributed by atoms with Gasteiger partial charge in [0.05, 0.1) is 4.92 Å². The van der Waals surface area contributed by atoms with E-state index < -0.39 is 22.3 Å². The molecular weight excluding hydrogens is 239 g/mol. The molecule has 5 nitrogen and oxygen atoms in total. The number of rotatable bonds is 4. The molecule has 18 heavy (non-hydrogen) atoms. The molecule has 0 atom stereocenters. The van der Waals surface area contributed by atoms with E-state index in [1.807, 2.05) is 0 Å². The highest BCUT2D eigenvalue weighted by Gasteiger charge is 2.20. The first-order valence-electron chi connectivity index (χ1n) is 5.18. The SMILES string of the molecule is CC#CCCNC(=O)c1cc(F)ccc1[N+](=O)[O-]. The van der Waals surface area contributed by atoms with E-state index in [4.69, 9.17) is 0 Å². The molecule has 0 heterocycles. The summed E-state index contributed by atoms with van der Waals surface area (Å²) in [6.45, 7) is 1.92. The highest BCUT2D eigenvalue weighted by atomic mass is 19.1. The number of benzene rings is 1. The topological polar surface area (TPSA) is 72.2 Å². The zero-order valence-electron chi connectivity index (χ0n) is 9.70. The van der Waals surface area contributed by atoms with E-state index in [9.17, 15) is 19.3 Å². The molecule has 0 spiro atoms. The number of halogens is 1. The summed E-state index contributed by atoms with van der Waals surface area (Å²) in [6.07, 6.45) is 0.436. The molecule has 0 aliphatic rings. The number of nitro benzene ring substituents is 1. The lowest BCUT2D eigenvalue weighted by molar-refractivity contribution is -0.385. The van der Waals surface area contributed by atoms with E-state index >= 15 is 0 Å². The minimum atomic E-state index is -0.722. The van der Waals surface area contributed by atoms with E-state index in [0.29, 0.717) is 6.42 Å². The molecule has 94 valence electrons. The first kappa shape index (κ1) is 13.6. The van der Waals surface area contributed by atoms with Crippen LogP contribution in [0.4, 0.5) is 10.1 Å². The quantitative estimate of drug-likeness (QED) is 0.384. The molecule has 0 aliphatic carbocycles. The zero-order chi connectivity index (χ0) is 13.5. The average molecular weight is 250 g/mol. The van der Waals surface area contributed by atoms with Gasteiger partial charge in [-0.05, 0) is 19.1 Å². The molecule has 1 amide bonds. The number of amides is 1. The molecule has 6 heteroatoms. The van der Waals surface area contributed by atoms with E-state index in [1.165, 1.54) is 0 Å². The van der Waals surface area contributed by atoms with Gasteiger partial charge in [-0.3, -0.25) is 14.9 Å². The zero-order valence-corrected chi connectivity index (χ0v) is 9.70. The van der Waals surface area contributed by atoms with Crippen LogP contribution in [0, 0.1) is 27.8 Å². The van der Waals surface area contributed by atoms with Crippen molar-refractivity contribution in [3.8, 4) is 11.8 Å². The molecule has 0 saturated carbocycles.